The summed E-state index contributed by atoms with van der Waals surface area (Å²) in [6.45, 7) is 5.49. The van der Waals surface area contributed by atoms with Gasteiger partial charge in [-0.15, -0.1) is 0 Å². The minimum Gasteiger partial charge on any atom is -0.469 e. The van der Waals surface area contributed by atoms with Crippen molar-refractivity contribution in [3.63, 3.8) is 0 Å². The highest BCUT2D eigenvalue weighted by atomic mass is 16.3. The van der Waals surface area contributed by atoms with Gasteiger partial charge in [0.2, 0.25) is 0 Å². The quantitative estimate of drug-likeness (QED) is 0.819. The van der Waals surface area contributed by atoms with Crippen LogP contribution in [0, 0.1) is 0 Å². The van der Waals surface area contributed by atoms with Crippen molar-refractivity contribution in [3.05, 3.63) is 23.7 Å². The second-order valence-electron chi connectivity index (χ2n) is 4.01. The largest absolute Gasteiger partial charge is 0.469 e. The van der Waals surface area contributed by atoms with Gasteiger partial charge >= 0.3 is 0 Å². The minimum absolute atomic E-state index is 0.106. The number of furan rings is 1. The maximum absolute atomic E-state index is 12.2. The molecule has 1 N–H and O–H groups in total. The second kappa shape index (κ2) is 5.16. The fourth-order valence-corrected chi connectivity index (χ4v) is 2.02. The molecule has 0 saturated carbocycles. The number of aryl methyl sites for hydroxylation is 1. The number of hydrogen-bond donors (Lipinski definition) is 1. The standard InChI is InChI=1S/C12H18N2O2/c1-2-11-10(4-9-16-11)12(15)14-7-3-5-13-6-8-14/h4,9,13H,2-3,5-8H2,1H3. The van der Waals surface area contributed by atoms with E-state index in [2.05, 4.69) is 5.32 Å². The van der Waals surface area contributed by atoms with Crippen LogP contribution in [-0.2, 0) is 6.42 Å². The summed E-state index contributed by atoms with van der Waals surface area (Å²) >= 11 is 0. The van der Waals surface area contributed by atoms with Crippen LogP contribution in [0.2, 0.25) is 0 Å². The van der Waals surface area contributed by atoms with Crippen LogP contribution in [0.25, 0.3) is 0 Å². The van der Waals surface area contributed by atoms with Crippen LogP contribution in [0.3, 0.4) is 0 Å². The molecule has 0 spiro atoms. The third kappa shape index (κ3) is 2.27. The Kier molecular flexibility index (Phi) is 3.62. The first-order valence-corrected chi connectivity index (χ1v) is 5.89. The zero-order valence-electron chi connectivity index (χ0n) is 9.66. The van der Waals surface area contributed by atoms with Crippen LogP contribution in [0.15, 0.2) is 16.7 Å². The van der Waals surface area contributed by atoms with Crippen molar-refractivity contribution in [1.82, 2.24) is 10.2 Å². The molecule has 1 amide bonds. The molecule has 1 aliphatic rings. The molecule has 2 rings (SSSR count). The first-order chi connectivity index (χ1) is 7.83. The zero-order chi connectivity index (χ0) is 11.4. The van der Waals surface area contributed by atoms with Gasteiger partial charge in [0.25, 0.3) is 5.91 Å². The molecular weight excluding hydrogens is 204 g/mol. The monoisotopic (exact) mass is 222 g/mol. The molecule has 0 radical (unpaired) electrons. The van der Waals surface area contributed by atoms with Crippen LogP contribution in [0.5, 0.6) is 0 Å². The first kappa shape index (κ1) is 11.2. The number of nitrogens with zero attached hydrogens (tertiary/aromatic N) is 1. The van der Waals surface area contributed by atoms with Crippen LogP contribution in [0.1, 0.15) is 29.5 Å². The van der Waals surface area contributed by atoms with Gasteiger partial charge in [0, 0.05) is 26.1 Å². The summed E-state index contributed by atoms with van der Waals surface area (Å²) in [5.74, 6) is 0.900. The van der Waals surface area contributed by atoms with Gasteiger partial charge in [0.1, 0.15) is 5.76 Å². The van der Waals surface area contributed by atoms with Gasteiger partial charge in [0.15, 0.2) is 0 Å². The molecule has 0 unspecified atom stereocenters. The summed E-state index contributed by atoms with van der Waals surface area (Å²) in [4.78, 5) is 14.1. The van der Waals surface area contributed by atoms with E-state index in [1.54, 1.807) is 12.3 Å². The van der Waals surface area contributed by atoms with Crippen molar-refractivity contribution < 1.29 is 9.21 Å². The number of hydrogen-bond acceptors (Lipinski definition) is 3. The van der Waals surface area contributed by atoms with Gasteiger partial charge in [-0.3, -0.25) is 4.79 Å². The van der Waals surface area contributed by atoms with Crippen LogP contribution < -0.4 is 5.32 Å². The molecule has 88 valence electrons. The smallest absolute Gasteiger partial charge is 0.257 e. The minimum atomic E-state index is 0.106. The molecule has 0 bridgehead atoms. The number of carbonyl (C=O) groups excluding carboxylic acids is 1. The van der Waals surface area contributed by atoms with Crippen molar-refractivity contribution in [3.8, 4) is 0 Å². The molecule has 4 heteroatoms. The Morgan fingerprint density at radius 3 is 3.19 bits per heavy atom. The molecule has 0 aromatic carbocycles. The molecule has 1 fully saturated rings. The Hall–Kier alpha value is -1.29. The van der Waals surface area contributed by atoms with Crippen molar-refractivity contribution in [2.24, 2.45) is 0 Å². The average molecular weight is 222 g/mol. The Balaban J connectivity index is 2.11. The Morgan fingerprint density at radius 1 is 1.50 bits per heavy atom. The SMILES string of the molecule is CCc1occc1C(=O)N1CCCNCC1. The van der Waals surface area contributed by atoms with E-state index in [1.165, 1.54) is 0 Å². The number of nitrogens with one attached hydrogen (secondary N) is 1. The van der Waals surface area contributed by atoms with E-state index < -0.39 is 0 Å². The predicted octanol–water partition coefficient (Wildman–Crippen LogP) is 1.28. The lowest BCUT2D eigenvalue weighted by molar-refractivity contribution is 0.0764. The summed E-state index contributed by atoms with van der Waals surface area (Å²) in [6, 6.07) is 1.78. The normalized spacial score (nSPS) is 17.2. The summed E-state index contributed by atoms with van der Waals surface area (Å²) in [5, 5.41) is 3.29. The fraction of sp³-hybridized carbons (Fsp3) is 0.583. The number of amides is 1. The first-order valence-electron chi connectivity index (χ1n) is 5.89. The maximum Gasteiger partial charge on any atom is 0.257 e. The fourth-order valence-electron chi connectivity index (χ4n) is 2.02. The Labute approximate surface area is 95.6 Å². The summed E-state index contributed by atoms with van der Waals surface area (Å²) < 4.78 is 5.29. The van der Waals surface area contributed by atoms with E-state index in [0.717, 1.165) is 50.3 Å². The van der Waals surface area contributed by atoms with Crippen LogP contribution >= 0.6 is 0 Å². The van der Waals surface area contributed by atoms with Crippen LogP contribution in [-0.4, -0.2) is 37.0 Å². The second-order valence-corrected chi connectivity index (χ2v) is 4.01. The predicted molar refractivity (Wildman–Crippen MR) is 61.5 cm³/mol. The van der Waals surface area contributed by atoms with E-state index >= 15 is 0 Å². The summed E-state index contributed by atoms with van der Waals surface area (Å²) in [5.41, 5.74) is 0.726. The van der Waals surface area contributed by atoms with E-state index in [-0.39, 0.29) is 5.91 Å². The summed E-state index contributed by atoms with van der Waals surface area (Å²) in [6.07, 6.45) is 3.38. The maximum atomic E-state index is 12.2. The molecular formula is C12H18N2O2. The molecule has 1 aromatic heterocycles. The lowest BCUT2D eigenvalue weighted by Crippen LogP contribution is -2.34. The number of rotatable bonds is 2. The van der Waals surface area contributed by atoms with Crippen molar-refractivity contribution >= 4 is 5.91 Å². The highest BCUT2D eigenvalue weighted by Gasteiger charge is 2.20. The lowest BCUT2D eigenvalue weighted by atomic mass is 10.2. The molecule has 0 aliphatic carbocycles. The van der Waals surface area contributed by atoms with Gasteiger partial charge in [-0.1, -0.05) is 6.92 Å². The van der Waals surface area contributed by atoms with Gasteiger partial charge in [0.05, 0.1) is 11.8 Å². The Morgan fingerprint density at radius 2 is 2.38 bits per heavy atom. The molecule has 0 atom stereocenters. The third-order valence-electron chi connectivity index (χ3n) is 2.92. The van der Waals surface area contributed by atoms with Gasteiger partial charge in [-0.25, -0.2) is 0 Å². The molecule has 1 saturated heterocycles. The highest BCUT2D eigenvalue weighted by Crippen LogP contribution is 2.14. The van der Waals surface area contributed by atoms with Crippen molar-refractivity contribution in [2.75, 3.05) is 26.2 Å². The van der Waals surface area contributed by atoms with Crippen molar-refractivity contribution in [1.29, 1.82) is 0 Å². The van der Waals surface area contributed by atoms with E-state index in [1.807, 2.05) is 11.8 Å². The van der Waals surface area contributed by atoms with Crippen molar-refractivity contribution in [2.45, 2.75) is 19.8 Å². The average Bonchev–Trinajstić information content (AvgIpc) is 2.61. The van der Waals surface area contributed by atoms with E-state index in [9.17, 15) is 4.79 Å². The molecule has 1 aliphatic heterocycles. The van der Waals surface area contributed by atoms with Gasteiger partial charge < -0.3 is 14.6 Å². The topological polar surface area (TPSA) is 45.5 Å². The summed E-state index contributed by atoms with van der Waals surface area (Å²) in [7, 11) is 0. The van der Waals surface area contributed by atoms with Crippen LogP contribution in [0.4, 0.5) is 0 Å². The molecule has 16 heavy (non-hydrogen) atoms. The van der Waals surface area contributed by atoms with Gasteiger partial charge in [-0.05, 0) is 19.0 Å². The zero-order valence-corrected chi connectivity index (χ0v) is 9.66. The third-order valence-corrected chi connectivity index (χ3v) is 2.92. The van der Waals surface area contributed by atoms with E-state index in [4.69, 9.17) is 4.42 Å². The Bertz CT molecular complexity index is 352. The molecule has 1 aromatic rings. The number of carbonyl (C=O) groups is 1. The molecule has 4 nitrogen and oxygen atoms in total. The van der Waals surface area contributed by atoms with E-state index in [0.29, 0.717) is 0 Å². The lowest BCUT2D eigenvalue weighted by Gasteiger charge is -2.19. The molecule has 2 heterocycles. The highest BCUT2D eigenvalue weighted by molar-refractivity contribution is 5.95. The van der Waals surface area contributed by atoms with Gasteiger partial charge in [-0.2, -0.15) is 0 Å².